The standard InChI is InChI=1S/C11H14ClN3/c1-8(13)4-5-15-7-14-10-3-2-9(12)6-11(10)15/h2-3,6-8H,4-5,13H2,1H3. The maximum atomic E-state index is 5.94. The van der Waals surface area contributed by atoms with Crippen LogP contribution in [0.5, 0.6) is 0 Å². The lowest BCUT2D eigenvalue weighted by Gasteiger charge is -2.06. The number of halogens is 1. The molecular formula is C11H14ClN3. The summed E-state index contributed by atoms with van der Waals surface area (Å²) in [6.07, 6.45) is 2.78. The maximum Gasteiger partial charge on any atom is 0.0958 e. The average molecular weight is 224 g/mol. The van der Waals surface area contributed by atoms with Gasteiger partial charge in [-0.3, -0.25) is 0 Å². The summed E-state index contributed by atoms with van der Waals surface area (Å²) in [5.74, 6) is 0. The van der Waals surface area contributed by atoms with Crippen LogP contribution in [0.4, 0.5) is 0 Å². The van der Waals surface area contributed by atoms with Gasteiger partial charge in [-0.1, -0.05) is 11.6 Å². The third-order valence-corrected chi connectivity index (χ3v) is 2.64. The van der Waals surface area contributed by atoms with E-state index >= 15 is 0 Å². The molecule has 0 bridgehead atoms. The molecule has 0 saturated heterocycles. The molecule has 1 aromatic heterocycles. The maximum absolute atomic E-state index is 5.94. The molecule has 0 saturated carbocycles. The van der Waals surface area contributed by atoms with E-state index in [2.05, 4.69) is 9.55 Å². The molecule has 1 aromatic carbocycles. The first-order valence-electron chi connectivity index (χ1n) is 5.03. The van der Waals surface area contributed by atoms with Crippen molar-refractivity contribution in [2.75, 3.05) is 0 Å². The zero-order valence-electron chi connectivity index (χ0n) is 8.65. The summed E-state index contributed by atoms with van der Waals surface area (Å²) >= 11 is 5.94. The zero-order chi connectivity index (χ0) is 10.8. The Kier molecular flexibility index (Phi) is 2.93. The number of nitrogens with two attached hydrogens (primary N) is 1. The lowest BCUT2D eigenvalue weighted by Crippen LogP contribution is -2.17. The average Bonchev–Trinajstić information content (AvgIpc) is 2.57. The van der Waals surface area contributed by atoms with Gasteiger partial charge >= 0.3 is 0 Å². The Balaban J connectivity index is 2.31. The van der Waals surface area contributed by atoms with Crippen molar-refractivity contribution in [2.45, 2.75) is 25.9 Å². The summed E-state index contributed by atoms with van der Waals surface area (Å²) in [4.78, 5) is 4.30. The van der Waals surface area contributed by atoms with Gasteiger partial charge in [0.25, 0.3) is 0 Å². The summed E-state index contributed by atoms with van der Waals surface area (Å²) in [6, 6.07) is 5.93. The van der Waals surface area contributed by atoms with Gasteiger partial charge in [-0.25, -0.2) is 4.98 Å². The molecule has 0 spiro atoms. The van der Waals surface area contributed by atoms with E-state index in [0.717, 1.165) is 29.0 Å². The first kappa shape index (κ1) is 10.5. The van der Waals surface area contributed by atoms with Crippen LogP contribution in [-0.2, 0) is 6.54 Å². The Morgan fingerprint density at radius 1 is 1.53 bits per heavy atom. The van der Waals surface area contributed by atoms with Gasteiger partial charge in [-0.05, 0) is 31.5 Å². The number of fused-ring (bicyclic) bond motifs is 1. The predicted octanol–water partition coefficient (Wildman–Crippen LogP) is 2.43. The Bertz CT molecular complexity index is 462. The molecule has 0 aliphatic carbocycles. The van der Waals surface area contributed by atoms with Gasteiger partial charge in [0.15, 0.2) is 0 Å². The highest BCUT2D eigenvalue weighted by molar-refractivity contribution is 6.31. The highest BCUT2D eigenvalue weighted by Crippen LogP contribution is 2.18. The van der Waals surface area contributed by atoms with E-state index < -0.39 is 0 Å². The van der Waals surface area contributed by atoms with E-state index in [1.54, 1.807) is 0 Å². The zero-order valence-corrected chi connectivity index (χ0v) is 9.41. The minimum atomic E-state index is 0.210. The largest absolute Gasteiger partial charge is 0.330 e. The molecule has 0 aliphatic heterocycles. The van der Waals surface area contributed by atoms with Crippen molar-refractivity contribution in [2.24, 2.45) is 5.73 Å². The van der Waals surface area contributed by atoms with Gasteiger partial charge < -0.3 is 10.3 Å². The Morgan fingerprint density at radius 3 is 3.07 bits per heavy atom. The number of nitrogens with zero attached hydrogens (tertiary/aromatic N) is 2. The number of benzene rings is 1. The van der Waals surface area contributed by atoms with Crippen molar-refractivity contribution in [1.82, 2.24) is 9.55 Å². The minimum absolute atomic E-state index is 0.210. The SMILES string of the molecule is CC(N)CCn1cnc2ccc(Cl)cc21. The molecule has 1 atom stereocenters. The van der Waals surface area contributed by atoms with Crippen molar-refractivity contribution in [3.8, 4) is 0 Å². The normalized spacial score (nSPS) is 13.3. The number of hydrogen-bond donors (Lipinski definition) is 1. The smallest absolute Gasteiger partial charge is 0.0958 e. The quantitative estimate of drug-likeness (QED) is 0.869. The number of imidazole rings is 1. The van der Waals surface area contributed by atoms with Crippen LogP contribution in [0.15, 0.2) is 24.5 Å². The van der Waals surface area contributed by atoms with Gasteiger partial charge in [0.1, 0.15) is 0 Å². The molecule has 1 unspecified atom stereocenters. The van der Waals surface area contributed by atoms with E-state index in [1.165, 1.54) is 0 Å². The predicted molar refractivity (Wildman–Crippen MR) is 63.0 cm³/mol. The molecule has 0 amide bonds. The summed E-state index contributed by atoms with van der Waals surface area (Å²) in [6.45, 7) is 2.89. The fraction of sp³-hybridized carbons (Fsp3) is 0.364. The second-order valence-corrected chi connectivity index (χ2v) is 4.27. The molecule has 2 rings (SSSR count). The Morgan fingerprint density at radius 2 is 2.33 bits per heavy atom. The Hall–Kier alpha value is -1.06. The van der Waals surface area contributed by atoms with E-state index in [1.807, 2.05) is 31.5 Å². The fourth-order valence-electron chi connectivity index (χ4n) is 1.55. The number of rotatable bonds is 3. The summed E-state index contributed by atoms with van der Waals surface area (Å²) in [7, 11) is 0. The molecule has 3 nitrogen and oxygen atoms in total. The highest BCUT2D eigenvalue weighted by Gasteiger charge is 2.03. The number of hydrogen-bond acceptors (Lipinski definition) is 2. The first-order chi connectivity index (χ1) is 7.16. The highest BCUT2D eigenvalue weighted by atomic mass is 35.5. The lowest BCUT2D eigenvalue weighted by atomic mass is 10.2. The topological polar surface area (TPSA) is 43.8 Å². The van der Waals surface area contributed by atoms with Gasteiger partial charge in [0.05, 0.1) is 17.4 Å². The molecule has 0 fully saturated rings. The monoisotopic (exact) mass is 223 g/mol. The fourth-order valence-corrected chi connectivity index (χ4v) is 1.72. The van der Waals surface area contributed by atoms with E-state index in [-0.39, 0.29) is 6.04 Å². The molecule has 15 heavy (non-hydrogen) atoms. The minimum Gasteiger partial charge on any atom is -0.330 e. The molecule has 4 heteroatoms. The van der Waals surface area contributed by atoms with Crippen LogP contribution in [0, 0.1) is 0 Å². The van der Waals surface area contributed by atoms with Crippen molar-refractivity contribution < 1.29 is 0 Å². The van der Waals surface area contributed by atoms with Crippen LogP contribution in [0.3, 0.4) is 0 Å². The van der Waals surface area contributed by atoms with Crippen LogP contribution in [-0.4, -0.2) is 15.6 Å². The van der Waals surface area contributed by atoms with Gasteiger partial charge in [0.2, 0.25) is 0 Å². The molecular weight excluding hydrogens is 210 g/mol. The molecule has 0 aliphatic rings. The Labute approximate surface area is 93.9 Å². The number of aromatic nitrogens is 2. The van der Waals surface area contributed by atoms with Crippen LogP contribution in [0.25, 0.3) is 11.0 Å². The second kappa shape index (κ2) is 4.21. The van der Waals surface area contributed by atoms with E-state index in [0.29, 0.717) is 0 Å². The van der Waals surface area contributed by atoms with Gasteiger partial charge in [0, 0.05) is 17.6 Å². The van der Waals surface area contributed by atoms with Crippen molar-refractivity contribution in [3.63, 3.8) is 0 Å². The van der Waals surface area contributed by atoms with Crippen LogP contribution in [0.2, 0.25) is 5.02 Å². The summed E-state index contributed by atoms with van der Waals surface area (Å²) in [5.41, 5.74) is 7.77. The van der Waals surface area contributed by atoms with Crippen LogP contribution < -0.4 is 5.73 Å². The third-order valence-electron chi connectivity index (χ3n) is 2.41. The van der Waals surface area contributed by atoms with Gasteiger partial charge in [-0.15, -0.1) is 0 Å². The number of aryl methyl sites for hydroxylation is 1. The lowest BCUT2D eigenvalue weighted by molar-refractivity contribution is 0.580. The molecule has 1 heterocycles. The third kappa shape index (κ3) is 2.30. The molecule has 2 N–H and O–H groups in total. The summed E-state index contributed by atoms with van der Waals surface area (Å²) < 4.78 is 2.09. The molecule has 2 aromatic rings. The second-order valence-electron chi connectivity index (χ2n) is 3.84. The molecule has 0 radical (unpaired) electrons. The van der Waals surface area contributed by atoms with Crippen molar-refractivity contribution in [3.05, 3.63) is 29.5 Å². The van der Waals surface area contributed by atoms with Crippen LogP contribution in [0.1, 0.15) is 13.3 Å². The summed E-state index contributed by atoms with van der Waals surface area (Å²) in [5, 5.41) is 0.741. The van der Waals surface area contributed by atoms with E-state index in [9.17, 15) is 0 Å². The van der Waals surface area contributed by atoms with Gasteiger partial charge in [-0.2, -0.15) is 0 Å². The molecule has 80 valence electrons. The first-order valence-corrected chi connectivity index (χ1v) is 5.40. The van der Waals surface area contributed by atoms with Crippen molar-refractivity contribution >= 4 is 22.6 Å². The van der Waals surface area contributed by atoms with Crippen molar-refractivity contribution in [1.29, 1.82) is 0 Å². The van der Waals surface area contributed by atoms with Crippen LogP contribution >= 0.6 is 11.6 Å². The van der Waals surface area contributed by atoms with E-state index in [4.69, 9.17) is 17.3 Å².